The quantitative estimate of drug-likeness (QED) is 0.216. The summed E-state index contributed by atoms with van der Waals surface area (Å²) in [7, 11) is -6.61. The Balaban J connectivity index is 0. The Labute approximate surface area is 154 Å². The van der Waals surface area contributed by atoms with Gasteiger partial charge in [0.1, 0.15) is 0 Å². The maximum absolute atomic E-state index is 12.9. The van der Waals surface area contributed by atoms with Crippen molar-refractivity contribution in [2.45, 2.75) is 77.7 Å². The van der Waals surface area contributed by atoms with Gasteiger partial charge >= 0.3 is 11.2 Å². The molecule has 0 fully saturated rings. The Kier molecular flexibility index (Phi) is 12.1. The van der Waals surface area contributed by atoms with E-state index in [2.05, 4.69) is 27.7 Å². The van der Waals surface area contributed by atoms with Gasteiger partial charge in [0.2, 0.25) is 0 Å². The van der Waals surface area contributed by atoms with Crippen LogP contribution in [-0.2, 0) is 10.1 Å². The van der Waals surface area contributed by atoms with Gasteiger partial charge in [0, 0.05) is 0 Å². The van der Waals surface area contributed by atoms with Crippen LogP contribution in [0.3, 0.4) is 0 Å². The molecule has 1 atom stereocenters. The molecular formula is C16H32F5NO3S. The summed E-state index contributed by atoms with van der Waals surface area (Å²) in [6.07, 6.45) is -3.50. The van der Waals surface area contributed by atoms with Gasteiger partial charge in [0.05, 0.1) is 26.2 Å². The van der Waals surface area contributed by atoms with Crippen molar-refractivity contribution in [3.8, 4) is 0 Å². The summed E-state index contributed by atoms with van der Waals surface area (Å²) >= 11 is 0. The summed E-state index contributed by atoms with van der Waals surface area (Å²) in [5.74, 6) is -5.51. The van der Waals surface area contributed by atoms with Crippen LogP contribution in [0, 0.1) is 0 Å². The molecule has 0 rings (SSSR count). The molecular weight excluding hydrogens is 381 g/mol. The first-order valence-corrected chi connectivity index (χ1v) is 10.3. The van der Waals surface area contributed by atoms with Crippen LogP contribution >= 0.6 is 0 Å². The lowest BCUT2D eigenvalue weighted by Crippen LogP contribution is -2.52. The fourth-order valence-corrected chi connectivity index (χ4v) is 2.91. The normalized spacial score (nSPS) is 14.6. The Morgan fingerprint density at radius 3 is 1.50 bits per heavy atom. The standard InChI is InChI=1S/C8H13F5O3S.C8H20N/c1-2-3-4-5-6(9)7(10,11)8(12,13)17(14,15)16;1-5-9(6-2,7-3)8-4/h6H,2-5H2,1H3,(H,14,15,16);5-8H2,1-4H3/q;+1/p-1. The van der Waals surface area contributed by atoms with Crippen molar-refractivity contribution in [1.82, 2.24) is 0 Å². The Morgan fingerprint density at radius 2 is 1.27 bits per heavy atom. The van der Waals surface area contributed by atoms with Crippen molar-refractivity contribution in [2.24, 2.45) is 0 Å². The Morgan fingerprint density at radius 1 is 0.885 bits per heavy atom. The van der Waals surface area contributed by atoms with Gasteiger partial charge in [0.25, 0.3) is 0 Å². The topological polar surface area (TPSA) is 57.2 Å². The molecule has 26 heavy (non-hydrogen) atoms. The van der Waals surface area contributed by atoms with Crippen molar-refractivity contribution in [2.75, 3.05) is 26.2 Å². The van der Waals surface area contributed by atoms with Crippen LogP contribution in [-0.4, -0.2) is 61.0 Å². The highest BCUT2D eigenvalue weighted by atomic mass is 32.2. The van der Waals surface area contributed by atoms with Crippen LogP contribution in [0.5, 0.6) is 0 Å². The molecule has 0 amide bonds. The highest BCUT2D eigenvalue weighted by Gasteiger charge is 2.66. The smallest absolute Gasteiger partial charge is 0.399 e. The molecule has 0 aromatic rings. The van der Waals surface area contributed by atoms with Gasteiger partial charge in [-0.3, -0.25) is 0 Å². The van der Waals surface area contributed by atoms with Crippen molar-refractivity contribution in [1.29, 1.82) is 0 Å². The predicted octanol–water partition coefficient (Wildman–Crippen LogP) is 4.56. The van der Waals surface area contributed by atoms with Gasteiger partial charge in [-0.1, -0.05) is 26.2 Å². The van der Waals surface area contributed by atoms with Crippen LogP contribution in [0.15, 0.2) is 0 Å². The first-order valence-electron chi connectivity index (χ1n) is 8.93. The molecule has 1 unspecified atom stereocenters. The average molecular weight is 413 g/mol. The molecule has 0 saturated carbocycles. The number of quaternary nitrogens is 1. The first kappa shape index (κ1) is 27.7. The molecule has 4 nitrogen and oxygen atoms in total. The van der Waals surface area contributed by atoms with E-state index >= 15 is 0 Å². The van der Waals surface area contributed by atoms with E-state index in [-0.39, 0.29) is 6.42 Å². The molecule has 0 bridgehead atoms. The molecule has 10 heteroatoms. The van der Waals surface area contributed by atoms with Crippen molar-refractivity contribution in [3.05, 3.63) is 0 Å². The van der Waals surface area contributed by atoms with Gasteiger partial charge in [0.15, 0.2) is 16.3 Å². The Bertz CT molecular complexity index is 465. The molecule has 0 aliphatic heterocycles. The van der Waals surface area contributed by atoms with Crippen LogP contribution in [0.2, 0.25) is 0 Å². The second-order valence-electron chi connectivity index (χ2n) is 6.16. The van der Waals surface area contributed by atoms with E-state index in [1.165, 1.54) is 30.7 Å². The second-order valence-corrected chi connectivity index (χ2v) is 7.58. The molecule has 0 saturated heterocycles. The number of hydrogen-bond acceptors (Lipinski definition) is 3. The van der Waals surface area contributed by atoms with Crippen LogP contribution < -0.4 is 0 Å². The number of unbranched alkanes of at least 4 members (excludes halogenated alkanes) is 2. The van der Waals surface area contributed by atoms with Crippen LogP contribution in [0.1, 0.15) is 60.3 Å². The molecule has 0 aromatic heterocycles. The lowest BCUT2D eigenvalue weighted by Gasteiger charge is -2.34. The summed E-state index contributed by atoms with van der Waals surface area (Å²) < 4.78 is 94.9. The van der Waals surface area contributed by atoms with E-state index in [0.29, 0.717) is 12.8 Å². The molecule has 0 heterocycles. The van der Waals surface area contributed by atoms with Gasteiger partial charge in [-0.15, -0.1) is 0 Å². The third-order valence-electron chi connectivity index (χ3n) is 4.84. The van der Waals surface area contributed by atoms with E-state index in [1.54, 1.807) is 6.92 Å². The summed E-state index contributed by atoms with van der Waals surface area (Å²) in [4.78, 5) is 0. The SMILES string of the molecule is CCCCCC(F)C(F)(F)C(F)(F)S(=O)(=O)[O-].CC[N+](CC)(CC)CC. The Hall–Kier alpha value is -0.480. The minimum Gasteiger partial charge on any atom is -0.743 e. The molecule has 0 radical (unpaired) electrons. The van der Waals surface area contributed by atoms with Gasteiger partial charge < -0.3 is 9.04 Å². The number of halogens is 5. The van der Waals surface area contributed by atoms with E-state index in [4.69, 9.17) is 0 Å². The first-order chi connectivity index (χ1) is 11.7. The van der Waals surface area contributed by atoms with Crippen LogP contribution in [0.25, 0.3) is 0 Å². The monoisotopic (exact) mass is 413 g/mol. The second kappa shape index (κ2) is 11.4. The minimum absolute atomic E-state index is 0.0950. The maximum Gasteiger partial charge on any atom is 0.399 e. The van der Waals surface area contributed by atoms with Crippen molar-refractivity contribution in [3.63, 3.8) is 0 Å². The zero-order valence-electron chi connectivity index (χ0n) is 16.2. The van der Waals surface area contributed by atoms with E-state index in [9.17, 15) is 34.9 Å². The number of hydrogen-bond donors (Lipinski definition) is 0. The third-order valence-corrected chi connectivity index (χ3v) is 5.74. The fourth-order valence-electron chi connectivity index (χ4n) is 2.45. The highest BCUT2D eigenvalue weighted by Crippen LogP contribution is 2.43. The van der Waals surface area contributed by atoms with Gasteiger partial charge in [-0.2, -0.15) is 17.6 Å². The summed E-state index contributed by atoms with van der Waals surface area (Å²) in [5.41, 5.74) is 0. The average Bonchev–Trinajstić information content (AvgIpc) is 2.57. The van der Waals surface area contributed by atoms with Gasteiger partial charge in [-0.25, -0.2) is 12.8 Å². The fraction of sp³-hybridized carbons (Fsp3) is 1.00. The summed E-state index contributed by atoms with van der Waals surface area (Å²) in [5, 5.41) is -5.94. The zero-order valence-corrected chi connectivity index (χ0v) is 17.0. The predicted molar refractivity (Wildman–Crippen MR) is 91.1 cm³/mol. The van der Waals surface area contributed by atoms with Crippen molar-refractivity contribution < 1.29 is 39.4 Å². The number of alkyl halides is 5. The van der Waals surface area contributed by atoms with Crippen molar-refractivity contribution >= 4 is 10.1 Å². The number of rotatable bonds is 11. The van der Waals surface area contributed by atoms with E-state index in [1.807, 2.05) is 0 Å². The zero-order chi connectivity index (χ0) is 21.2. The third kappa shape index (κ3) is 7.26. The van der Waals surface area contributed by atoms with Crippen LogP contribution in [0.4, 0.5) is 22.0 Å². The van der Waals surface area contributed by atoms with E-state index in [0.717, 1.165) is 0 Å². The summed E-state index contributed by atoms with van der Waals surface area (Å²) in [6, 6.07) is 0. The number of nitrogens with zero attached hydrogens (tertiary/aromatic N) is 1. The largest absolute Gasteiger partial charge is 0.743 e. The molecule has 0 spiro atoms. The lowest BCUT2D eigenvalue weighted by molar-refractivity contribution is -0.921. The molecule has 0 aliphatic rings. The molecule has 0 aliphatic carbocycles. The molecule has 160 valence electrons. The van der Waals surface area contributed by atoms with E-state index < -0.39 is 33.9 Å². The minimum atomic E-state index is -6.61. The maximum atomic E-state index is 12.9. The van der Waals surface area contributed by atoms with Gasteiger partial charge in [-0.05, 0) is 34.1 Å². The molecule has 0 N–H and O–H groups in total. The molecule has 0 aromatic carbocycles. The highest BCUT2D eigenvalue weighted by molar-refractivity contribution is 7.86. The summed E-state index contributed by atoms with van der Waals surface area (Å²) in [6.45, 7) is 15.9. The lowest BCUT2D eigenvalue weighted by atomic mass is 10.1.